The molecule has 1 aromatic heterocycles. The molecule has 23 heavy (non-hydrogen) atoms. The highest BCUT2D eigenvalue weighted by Gasteiger charge is 2.28. The maximum Gasteiger partial charge on any atom is 0.276 e. The number of nitrogens with zero attached hydrogens (tertiary/aromatic N) is 2. The standard InChI is InChI=1S/C18H22N2O3/c1-12-8-13(2)11-20(10-12)18(21)16-9-17(23-19-16)14-4-6-15(22-3)7-5-14/h4-7,9,12-13H,8,10-11H2,1-3H3/t12-,13+. The van der Waals surface area contributed by atoms with Gasteiger partial charge in [-0.15, -0.1) is 0 Å². The average Bonchev–Trinajstić information content (AvgIpc) is 3.03. The van der Waals surface area contributed by atoms with Gasteiger partial charge >= 0.3 is 0 Å². The number of methoxy groups -OCH3 is 1. The van der Waals surface area contributed by atoms with E-state index in [0.29, 0.717) is 23.3 Å². The molecule has 2 atom stereocenters. The van der Waals surface area contributed by atoms with Gasteiger partial charge in [0.25, 0.3) is 5.91 Å². The quantitative estimate of drug-likeness (QED) is 0.870. The molecular weight excluding hydrogens is 292 g/mol. The van der Waals surface area contributed by atoms with Crippen molar-refractivity contribution in [3.8, 4) is 17.1 Å². The smallest absolute Gasteiger partial charge is 0.276 e. The Labute approximate surface area is 136 Å². The molecule has 0 N–H and O–H groups in total. The summed E-state index contributed by atoms with van der Waals surface area (Å²) in [7, 11) is 1.63. The van der Waals surface area contributed by atoms with Crippen LogP contribution < -0.4 is 4.74 Å². The molecule has 122 valence electrons. The summed E-state index contributed by atoms with van der Waals surface area (Å²) in [6, 6.07) is 9.20. The van der Waals surface area contributed by atoms with Gasteiger partial charge < -0.3 is 14.2 Å². The summed E-state index contributed by atoms with van der Waals surface area (Å²) in [4.78, 5) is 14.5. The highest BCUT2D eigenvalue weighted by molar-refractivity contribution is 5.93. The van der Waals surface area contributed by atoms with Gasteiger partial charge in [0.1, 0.15) is 5.75 Å². The predicted octanol–water partition coefficient (Wildman–Crippen LogP) is 3.47. The monoisotopic (exact) mass is 314 g/mol. The summed E-state index contributed by atoms with van der Waals surface area (Å²) in [6.07, 6.45) is 1.17. The van der Waals surface area contributed by atoms with Crippen molar-refractivity contribution < 1.29 is 14.1 Å². The molecule has 1 saturated heterocycles. The fraction of sp³-hybridized carbons (Fsp3) is 0.444. The van der Waals surface area contributed by atoms with Crippen molar-refractivity contribution in [2.24, 2.45) is 11.8 Å². The first kappa shape index (κ1) is 15.6. The van der Waals surface area contributed by atoms with E-state index in [1.807, 2.05) is 29.2 Å². The van der Waals surface area contributed by atoms with Gasteiger partial charge in [-0.3, -0.25) is 4.79 Å². The first-order valence-corrected chi connectivity index (χ1v) is 7.97. The van der Waals surface area contributed by atoms with Crippen LogP contribution in [0.2, 0.25) is 0 Å². The molecule has 0 aliphatic carbocycles. The number of piperidine rings is 1. The van der Waals surface area contributed by atoms with E-state index in [1.165, 1.54) is 6.42 Å². The lowest BCUT2D eigenvalue weighted by Gasteiger charge is -2.34. The molecule has 0 radical (unpaired) electrons. The second kappa shape index (κ2) is 6.44. The van der Waals surface area contributed by atoms with E-state index in [1.54, 1.807) is 13.2 Å². The molecule has 1 fully saturated rings. The van der Waals surface area contributed by atoms with Crippen LogP contribution in [0.4, 0.5) is 0 Å². The van der Waals surface area contributed by atoms with Crippen LogP contribution in [-0.4, -0.2) is 36.2 Å². The second-order valence-electron chi connectivity index (χ2n) is 6.46. The number of carbonyl (C=O) groups is 1. The van der Waals surface area contributed by atoms with Crippen LogP contribution in [0.15, 0.2) is 34.9 Å². The Balaban J connectivity index is 1.76. The van der Waals surface area contributed by atoms with Crippen LogP contribution in [0.5, 0.6) is 5.75 Å². The van der Waals surface area contributed by atoms with Crippen molar-refractivity contribution in [3.63, 3.8) is 0 Å². The number of ether oxygens (including phenoxy) is 1. The molecule has 1 aromatic carbocycles. The van der Waals surface area contributed by atoms with Gasteiger partial charge in [0.2, 0.25) is 0 Å². The number of likely N-dealkylation sites (tertiary alicyclic amines) is 1. The summed E-state index contributed by atoms with van der Waals surface area (Å²) in [5.74, 6) is 2.37. The number of rotatable bonds is 3. The van der Waals surface area contributed by atoms with Crippen LogP contribution in [0.3, 0.4) is 0 Å². The molecule has 0 unspecified atom stereocenters. The van der Waals surface area contributed by atoms with Gasteiger partial charge in [-0.1, -0.05) is 19.0 Å². The van der Waals surface area contributed by atoms with E-state index >= 15 is 0 Å². The fourth-order valence-corrected chi connectivity index (χ4v) is 3.26. The average molecular weight is 314 g/mol. The SMILES string of the molecule is COc1ccc(-c2cc(C(=O)N3C[C@H](C)C[C@H](C)C3)no2)cc1. The third-order valence-electron chi connectivity index (χ3n) is 4.26. The number of hydrogen-bond acceptors (Lipinski definition) is 4. The van der Waals surface area contributed by atoms with Crippen LogP contribution in [0, 0.1) is 11.8 Å². The maximum atomic E-state index is 12.6. The summed E-state index contributed by atoms with van der Waals surface area (Å²) in [5, 5.41) is 3.96. The lowest BCUT2D eigenvalue weighted by molar-refractivity contribution is 0.0613. The molecule has 3 rings (SSSR count). The van der Waals surface area contributed by atoms with Crippen LogP contribution >= 0.6 is 0 Å². The third kappa shape index (κ3) is 3.38. The van der Waals surface area contributed by atoms with Crippen molar-refractivity contribution in [2.45, 2.75) is 20.3 Å². The molecule has 2 heterocycles. The van der Waals surface area contributed by atoms with E-state index in [9.17, 15) is 4.79 Å². The highest BCUT2D eigenvalue weighted by atomic mass is 16.5. The Hall–Kier alpha value is -2.30. The lowest BCUT2D eigenvalue weighted by Crippen LogP contribution is -2.42. The minimum absolute atomic E-state index is 0.0492. The number of carbonyl (C=O) groups excluding carboxylic acids is 1. The zero-order valence-corrected chi connectivity index (χ0v) is 13.8. The van der Waals surface area contributed by atoms with E-state index < -0.39 is 0 Å². The van der Waals surface area contributed by atoms with Crippen LogP contribution in [-0.2, 0) is 0 Å². The van der Waals surface area contributed by atoms with E-state index in [2.05, 4.69) is 19.0 Å². The number of hydrogen-bond donors (Lipinski definition) is 0. The van der Waals surface area contributed by atoms with Crippen molar-refractivity contribution in [2.75, 3.05) is 20.2 Å². The van der Waals surface area contributed by atoms with Gasteiger partial charge in [-0.05, 0) is 42.5 Å². The molecule has 0 saturated carbocycles. The van der Waals surface area contributed by atoms with Crippen molar-refractivity contribution in [3.05, 3.63) is 36.0 Å². The van der Waals surface area contributed by atoms with Crippen LogP contribution in [0.25, 0.3) is 11.3 Å². The highest BCUT2D eigenvalue weighted by Crippen LogP contribution is 2.25. The topological polar surface area (TPSA) is 55.6 Å². The summed E-state index contributed by atoms with van der Waals surface area (Å²) in [6.45, 7) is 5.94. The molecule has 5 nitrogen and oxygen atoms in total. The predicted molar refractivity (Wildman–Crippen MR) is 87.3 cm³/mol. The molecule has 5 heteroatoms. The Kier molecular flexibility index (Phi) is 4.37. The Morgan fingerprint density at radius 1 is 1.22 bits per heavy atom. The maximum absolute atomic E-state index is 12.6. The molecule has 0 spiro atoms. The Morgan fingerprint density at radius 3 is 2.48 bits per heavy atom. The second-order valence-corrected chi connectivity index (χ2v) is 6.46. The summed E-state index contributed by atoms with van der Waals surface area (Å²) >= 11 is 0. The normalized spacial score (nSPS) is 21.3. The van der Waals surface area contributed by atoms with Gasteiger partial charge in [-0.2, -0.15) is 0 Å². The summed E-state index contributed by atoms with van der Waals surface area (Å²) < 4.78 is 10.5. The lowest BCUT2D eigenvalue weighted by atomic mass is 9.92. The number of aromatic nitrogens is 1. The van der Waals surface area contributed by atoms with Crippen molar-refractivity contribution in [1.82, 2.24) is 10.1 Å². The Bertz CT molecular complexity index is 668. The van der Waals surface area contributed by atoms with Gasteiger partial charge in [-0.25, -0.2) is 0 Å². The fourth-order valence-electron chi connectivity index (χ4n) is 3.26. The summed E-state index contributed by atoms with van der Waals surface area (Å²) in [5.41, 5.74) is 1.25. The molecule has 2 aromatic rings. The van der Waals surface area contributed by atoms with Gasteiger partial charge in [0.05, 0.1) is 7.11 Å². The molecule has 0 bridgehead atoms. The molecule has 1 amide bonds. The number of benzene rings is 1. The first-order chi connectivity index (χ1) is 11.1. The minimum atomic E-state index is -0.0492. The van der Waals surface area contributed by atoms with Crippen molar-refractivity contribution in [1.29, 1.82) is 0 Å². The van der Waals surface area contributed by atoms with Crippen LogP contribution in [0.1, 0.15) is 30.8 Å². The minimum Gasteiger partial charge on any atom is -0.497 e. The third-order valence-corrected chi connectivity index (χ3v) is 4.26. The van der Waals surface area contributed by atoms with E-state index in [-0.39, 0.29) is 5.91 Å². The van der Waals surface area contributed by atoms with Crippen molar-refractivity contribution >= 4 is 5.91 Å². The zero-order valence-electron chi connectivity index (χ0n) is 13.8. The van der Waals surface area contributed by atoms with E-state index in [0.717, 1.165) is 24.4 Å². The molecule has 1 aliphatic rings. The first-order valence-electron chi connectivity index (χ1n) is 7.97. The molecule has 1 aliphatic heterocycles. The Morgan fingerprint density at radius 2 is 1.87 bits per heavy atom. The number of amides is 1. The molecular formula is C18H22N2O3. The largest absolute Gasteiger partial charge is 0.497 e. The van der Waals surface area contributed by atoms with Gasteiger partial charge in [0, 0.05) is 24.7 Å². The van der Waals surface area contributed by atoms with Gasteiger partial charge in [0.15, 0.2) is 11.5 Å². The van der Waals surface area contributed by atoms with E-state index in [4.69, 9.17) is 9.26 Å². The zero-order chi connectivity index (χ0) is 16.4.